The first-order chi connectivity index (χ1) is 34.6. The average molecular weight is 952 g/mol. The lowest BCUT2D eigenvalue weighted by Gasteiger charge is -2.45. The minimum atomic E-state index is -0.0590. The first-order valence-electron chi connectivity index (χ1n) is 26.4. The van der Waals surface area contributed by atoms with Gasteiger partial charge in [-0.2, -0.15) is 0 Å². The lowest BCUT2D eigenvalue weighted by Crippen LogP contribution is -2.61. The van der Waals surface area contributed by atoms with Gasteiger partial charge in [-0.3, -0.25) is 0 Å². The number of benzene rings is 9. The highest BCUT2D eigenvalue weighted by atomic mass is 15.2. The number of rotatable bonds is 6. The van der Waals surface area contributed by atoms with Gasteiger partial charge in [0.05, 0.1) is 17.1 Å². The molecular formula is C69H70BN3. The van der Waals surface area contributed by atoms with E-state index in [1.54, 1.807) is 0 Å². The average Bonchev–Trinajstić information content (AvgIpc) is 3.35. The molecule has 0 spiro atoms. The Morgan fingerprint density at radius 3 is 1.33 bits per heavy atom. The van der Waals surface area contributed by atoms with E-state index in [9.17, 15) is 0 Å². The number of fused-ring (bicyclic) bond motifs is 5. The van der Waals surface area contributed by atoms with Crippen LogP contribution >= 0.6 is 0 Å². The third-order valence-corrected chi connectivity index (χ3v) is 15.5. The highest BCUT2D eigenvalue weighted by Crippen LogP contribution is 2.51. The molecule has 0 aromatic heterocycles. The van der Waals surface area contributed by atoms with Gasteiger partial charge in [-0.05, 0) is 139 Å². The van der Waals surface area contributed by atoms with Gasteiger partial charge in [-0.25, -0.2) is 0 Å². The lowest BCUT2D eigenvalue weighted by molar-refractivity contribution is 0.590. The molecule has 9 aromatic rings. The zero-order valence-electron chi connectivity index (χ0n) is 45.3. The van der Waals surface area contributed by atoms with Gasteiger partial charge in [0.25, 0.3) is 6.71 Å². The summed E-state index contributed by atoms with van der Waals surface area (Å²) in [6.45, 7) is 30.0. The van der Waals surface area contributed by atoms with Gasteiger partial charge in [0.2, 0.25) is 0 Å². The van der Waals surface area contributed by atoms with Gasteiger partial charge in [0, 0.05) is 45.1 Å². The zero-order chi connectivity index (χ0) is 51.4. The molecule has 0 saturated carbocycles. The minimum absolute atomic E-state index is 0.00539. The Kier molecular flexibility index (Phi) is 11.5. The molecule has 73 heavy (non-hydrogen) atoms. The number of nitrogens with zero attached hydrogens (tertiary/aromatic N) is 3. The van der Waals surface area contributed by atoms with E-state index in [1.807, 2.05) is 0 Å². The molecule has 0 aliphatic carbocycles. The van der Waals surface area contributed by atoms with Crippen molar-refractivity contribution in [3.8, 4) is 11.1 Å². The van der Waals surface area contributed by atoms with Crippen LogP contribution in [0.4, 0.5) is 51.2 Å². The van der Waals surface area contributed by atoms with Gasteiger partial charge in [0.15, 0.2) is 0 Å². The van der Waals surface area contributed by atoms with Gasteiger partial charge in [0.1, 0.15) is 0 Å². The first kappa shape index (κ1) is 48.0. The van der Waals surface area contributed by atoms with E-state index in [-0.39, 0.29) is 28.4 Å². The van der Waals surface area contributed by atoms with E-state index in [0.29, 0.717) is 0 Å². The molecule has 0 bridgehead atoms. The van der Waals surface area contributed by atoms with Crippen LogP contribution in [0, 0.1) is 6.92 Å². The summed E-state index contributed by atoms with van der Waals surface area (Å²) in [6.07, 6.45) is 0. The van der Waals surface area contributed by atoms with Crippen molar-refractivity contribution < 1.29 is 0 Å². The monoisotopic (exact) mass is 952 g/mol. The van der Waals surface area contributed by atoms with Gasteiger partial charge < -0.3 is 14.7 Å². The summed E-state index contributed by atoms with van der Waals surface area (Å²) in [4.78, 5) is 7.71. The summed E-state index contributed by atoms with van der Waals surface area (Å²) in [5, 5.41) is 2.39. The second-order valence-electron chi connectivity index (χ2n) is 24.9. The predicted molar refractivity (Wildman–Crippen MR) is 318 cm³/mol. The van der Waals surface area contributed by atoms with Crippen LogP contribution in [0.15, 0.2) is 188 Å². The largest absolute Gasteiger partial charge is 0.311 e. The van der Waals surface area contributed by atoms with Crippen LogP contribution in [0.2, 0.25) is 0 Å². The molecule has 0 atom stereocenters. The lowest BCUT2D eigenvalue weighted by atomic mass is 9.33. The summed E-state index contributed by atoms with van der Waals surface area (Å²) in [7, 11) is 0. The molecular weight excluding hydrogens is 882 g/mol. The van der Waals surface area contributed by atoms with Crippen molar-refractivity contribution in [3.05, 3.63) is 216 Å². The van der Waals surface area contributed by atoms with Crippen LogP contribution in [0.3, 0.4) is 0 Å². The molecule has 0 unspecified atom stereocenters. The summed E-state index contributed by atoms with van der Waals surface area (Å²) < 4.78 is 0. The Bertz CT molecular complexity index is 3400. The Morgan fingerprint density at radius 1 is 0.384 bits per heavy atom. The van der Waals surface area contributed by atoms with Gasteiger partial charge >= 0.3 is 0 Å². The highest BCUT2D eigenvalue weighted by Gasteiger charge is 2.45. The summed E-state index contributed by atoms with van der Waals surface area (Å²) >= 11 is 0. The summed E-state index contributed by atoms with van der Waals surface area (Å²) in [5.74, 6) is 0. The normalized spacial score (nSPS) is 13.5. The van der Waals surface area contributed by atoms with Crippen molar-refractivity contribution in [3.63, 3.8) is 0 Å². The Labute approximate surface area is 436 Å². The first-order valence-corrected chi connectivity index (χ1v) is 26.4. The smallest absolute Gasteiger partial charge is 0.252 e. The van der Waals surface area contributed by atoms with Crippen molar-refractivity contribution in [1.29, 1.82) is 0 Å². The maximum Gasteiger partial charge on any atom is 0.252 e. The molecule has 2 aliphatic rings. The molecule has 0 radical (unpaired) electrons. The molecule has 11 rings (SSSR count). The van der Waals surface area contributed by atoms with Crippen LogP contribution in [0.1, 0.15) is 111 Å². The van der Waals surface area contributed by atoms with Crippen molar-refractivity contribution in [2.45, 2.75) is 112 Å². The van der Waals surface area contributed by atoms with Crippen LogP contribution in [-0.4, -0.2) is 6.71 Å². The molecule has 2 heterocycles. The number of anilines is 9. The Morgan fingerprint density at radius 2 is 0.822 bits per heavy atom. The maximum absolute atomic E-state index is 2.58. The molecule has 0 fully saturated rings. The van der Waals surface area contributed by atoms with E-state index in [4.69, 9.17) is 0 Å². The van der Waals surface area contributed by atoms with Crippen LogP contribution in [0.25, 0.3) is 21.9 Å². The van der Waals surface area contributed by atoms with Crippen LogP contribution in [-0.2, 0) is 21.7 Å². The van der Waals surface area contributed by atoms with Crippen LogP contribution in [0.5, 0.6) is 0 Å². The predicted octanol–water partition coefficient (Wildman–Crippen LogP) is 17.6. The van der Waals surface area contributed by atoms with Crippen molar-refractivity contribution in [2.24, 2.45) is 0 Å². The second-order valence-corrected chi connectivity index (χ2v) is 24.9. The Balaban J connectivity index is 1.30. The van der Waals surface area contributed by atoms with Crippen molar-refractivity contribution in [2.75, 3.05) is 14.7 Å². The van der Waals surface area contributed by atoms with E-state index < -0.39 is 0 Å². The van der Waals surface area contributed by atoms with Gasteiger partial charge in [-0.15, -0.1) is 0 Å². The topological polar surface area (TPSA) is 9.72 Å². The zero-order valence-corrected chi connectivity index (χ0v) is 45.3. The third-order valence-electron chi connectivity index (χ3n) is 15.5. The number of aryl methyl sites for hydroxylation is 1. The molecule has 9 aromatic carbocycles. The number of para-hydroxylation sites is 1. The summed E-state index contributed by atoms with van der Waals surface area (Å²) in [6, 6.07) is 72.1. The van der Waals surface area contributed by atoms with E-state index >= 15 is 0 Å². The highest BCUT2D eigenvalue weighted by molar-refractivity contribution is 7.00. The minimum Gasteiger partial charge on any atom is -0.311 e. The summed E-state index contributed by atoms with van der Waals surface area (Å²) in [5.41, 5.74) is 23.1. The fourth-order valence-corrected chi connectivity index (χ4v) is 11.3. The molecule has 0 amide bonds. The van der Waals surface area contributed by atoms with E-state index in [0.717, 1.165) is 28.4 Å². The Hall–Kier alpha value is -7.30. The third kappa shape index (κ3) is 8.53. The van der Waals surface area contributed by atoms with Crippen molar-refractivity contribution >= 4 is 85.1 Å². The fraction of sp³-hybridized carbons (Fsp3) is 0.246. The van der Waals surface area contributed by atoms with E-state index in [2.05, 4.69) is 293 Å². The fourth-order valence-electron chi connectivity index (χ4n) is 11.3. The molecule has 0 N–H and O–H groups in total. The van der Waals surface area contributed by atoms with Crippen LogP contribution < -0.4 is 31.1 Å². The number of hydrogen-bond donors (Lipinski definition) is 0. The van der Waals surface area contributed by atoms with E-state index in [1.165, 1.54) is 88.9 Å². The SMILES string of the molecule is Cc1ccc(-c2ccccc2N(c2cc3c4c(c2)N(c2ccc(C(C)(C)C)cc2)c2ccc(C(C)(C)C)cc2B4c2cc(C(C)(C)C)ccc2N3c2ccc(C(C)(C)C)cc2)c2cccc3ccccc23)cc1. The standard InChI is InChI=1S/C69H70BN3/c1-45-25-27-47(28-26-45)56-22-16-17-23-59(56)73(60-24-18-20-46-19-14-15-21-55(46)60)54-43-63-65-64(44-54)72(53-37-31-49(32-38-53)67(5,6)7)62-40-34-51(69(11,12)13)42-58(62)70(65)57-41-50(68(8,9)10)33-39-61(57)71(63)52-35-29-48(30-36-52)66(2,3)4/h14-44H,1-13H3. The molecule has 2 aliphatic heterocycles. The quantitative estimate of drug-likeness (QED) is 0.154. The number of hydrogen-bond acceptors (Lipinski definition) is 3. The van der Waals surface area contributed by atoms with Crippen molar-refractivity contribution in [1.82, 2.24) is 0 Å². The molecule has 4 heteroatoms. The molecule has 3 nitrogen and oxygen atoms in total. The molecule has 364 valence electrons. The maximum atomic E-state index is 2.58. The van der Waals surface area contributed by atoms with Gasteiger partial charge in [-0.1, -0.05) is 216 Å². The molecule has 0 saturated heterocycles. The second kappa shape index (κ2) is 17.4.